The number of aromatic nitrogens is 1. The van der Waals surface area contributed by atoms with Gasteiger partial charge in [0.1, 0.15) is 6.07 Å². The van der Waals surface area contributed by atoms with E-state index in [0.717, 1.165) is 22.0 Å². The number of hydrogen-bond acceptors (Lipinski definition) is 4. The Morgan fingerprint density at radius 1 is 0.923 bits per heavy atom. The maximum Gasteiger partial charge on any atom is 0.203 e. The van der Waals surface area contributed by atoms with Crippen LogP contribution in [0.25, 0.3) is 23.1 Å². The Morgan fingerprint density at radius 2 is 1.58 bits per heavy atom. The third kappa shape index (κ3) is 3.09. The smallest absolute Gasteiger partial charge is 0.203 e. The van der Waals surface area contributed by atoms with Crippen LogP contribution >= 0.6 is 0 Å². The molecule has 3 aromatic rings. The van der Waals surface area contributed by atoms with Crippen molar-refractivity contribution in [3.8, 4) is 23.3 Å². The van der Waals surface area contributed by atoms with Crippen LogP contribution < -0.4 is 14.2 Å². The number of rotatable bonds is 5. The Morgan fingerprint density at radius 3 is 2.15 bits per heavy atom. The molecular weight excluding hydrogens is 328 g/mol. The van der Waals surface area contributed by atoms with Gasteiger partial charge in [-0.15, -0.1) is 0 Å². The molecule has 5 nitrogen and oxygen atoms in total. The zero-order chi connectivity index (χ0) is 18.7. The van der Waals surface area contributed by atoms with Crippen LogP contribution in [-0.4, -0.2) is 25.9 Å². The lowest BCUT2D eigenvalue weighted by Crippen LogP contribution is -1.95. The van der Waals surface area contributed by atoms with Crippen molar-refractivity contribution in [3.05, 3.63) is 53.2 Å². The van der Waals surface area contributed by atoms with Crippen molar-refractivity contribution >= 4 is 23.1 Å². The average Bonchev–Trinajstić information content (AvgIpc) is 3.00. The van der Waals surface area contributed by atoms with E-state index < -0.39 is 0 Å². The molecule has 0 saturated heterocycles. The van der Waals surface area contributed by atoms with E-state index in [1.54, 1.807) is 21.3 Å². The first-order chi connectivity index (χ1) is 12.6. The molecule has 0 spiro atoms. The van der Waals surface area contributed by atoms with Crippen LogP contribution in [0.1, 0.15) is 16.7 Å². The molecule has 2 aromatic carbocycles. The number of hydrogen-bond donors (Lipinski definition) is 0. The highest BCUT2D eigenvalue weighted by Crippen LogP contribution is 2.38. The summed E-state index contributed by atoms with van der Waals surface area (Å²) in [5.41, 5.74) is 3.64. The quantitative estimate of drug-likeness (QED) is 0.647. The first kappa shape index (κ1) is 17.4. The van der Waals surface area contributed by atoms with Gasteiger partial charge in [-0.2, -0.15) is 5.26 Å². The molecule has 0 fully saturated rings. The Kier molecular flexibility index (Phi) is 4.85. The second kappa shape index (κ2) is 7.24. The minimum atomic E-state index is 0.566. The third-order valence-electron chi connectivity index (χ3n) is 4.29. The van der Waals surface area contributed by atoms with Crippen molar-refractivity contribution < 1.29 is 14.2 Å². The fourth-order valence-electron chi connectivity index (χ4n) is 2.99. The molecule has 0 aliphatic carbocycles. The van der Waals surface area contributed by atoms with Crippen molar-refractivity contribution in [2.45, 2.75) is 0 Å². The molecule has 0 amide bonds. The number of aryl methyl sites for hydroxylation is 1. The van der Waals surface area contributed by atoms with Crippen molar-refractivity contribution in [3.63, 3.8) is 0 Å². The highest BCUT2D eigenvalue weighted by molar-refractivity contribution is 5.89. The van der Waals surface area contributed by atoms with Crippen LogP contribution in [0.4, 0.5) is 0 Å². The van der Waals surface area contributed by atoms with Gasteiger partial charge in [0, 0.05) is 24.1 Å². The number of nitrogens with zero attached hydrogens (tertiary/aromatic N) is 2. The summed E-state index contributed by atoms with van der Waals surface area (Å²) < 4.78 is 18.1. The van der Waals surface area contributed by atoms with Crippen molar-refractivity contribution in [2.24, 2.45) is 7.05 Å². The number of ether oxygens (including phenoxy) is 3. The first-order valence-electron chi connectivity index (χ1n) is 8.08. The summed E-state index contributed by atoms with van der Waals surface area (Å²) >= 11 is 0. The Bertz CT molecular complexity index is 1000. The molecule has 0 aliphatic rings. The fourth-order valence-corrected chi connectivity index (χ4v) is 2.99. The number of methoxy groups -OCH3 is 3. The van der Waals surface area contributed by atoms with E-state index in [9.17, 15) is 5.26 Å². The van der Waals surface area contributed by atoms with E-state index in [4.69, 9.17) is 14.2 Å². The van der Waals surface area contributed by atoms with E-state index in [1.807, 2.05) is 60.3 Å². The highest BCUT2D eigenvalue weighted by atomic mass is 16.5. The third-order valence-corrected chi connectivity index (χ3v) is 4.29. The summed E-state index contributed by atoms with van der Waals surface area (Å²) in [6, 6.07) is 12.1. The normalized spacial score (nSPS) is 10.9. The predicted molar refractivity (Wildman–Crippen MR) is 103 cm³/mol. The lowest BCUT2D eigenvalue weighted by molar-refractivity contribution is 0.324. The topological polar surface area (TPSA) is 56.4 Å². The zero-order valence-electron chi connectivity index (χ0n) is 15.2. The molecule has 0 atom stereocenters. The van der Waals surface area contributed by atoms with Crippen LogP contribution in [-0.2, 0) is 7.05 Å². The van der Waals surface area contributed by atoms with Crippen LogP contribution in [0.3, 0.4) is 0 Å². The molecule has 0 saturated carbocycles. The summed E-state index contributed by atoms with van der Waals surface area (Å²) in [5, 5.41) is 10.2. The molecule has 132 valence electrons. The van der Waals surface area contributed by atoms with Gasteiger partial charge in [-0.3, -0.25) is 0 Å². The average molecular weight is 348 g/mol. The zero-order valence-corrected chi connectivity index (χ0v) is 15.2. The van der Waals surface area contributed by atoms with Gasteiger partial charge in [-0.25, -0.2) is 0 Å². The minimum absolute atomic E-state index is 0.566. The Labute approximate surface area is 152 Å². The predicted octanol–water partition coefficient (Wildman–Crippen LogP) is 4.25. The molecule has 0 aliphatic heterocycles. The number of nitriles is 1. The fraction of sp³-hybridized carbons (Fsp3) is 0.190. The summed E-state index contributed by atoms with van der Waals surface area (Å²) in [4.78, 5) is 0. The van der Waals surface area contributed by atoms with E-state index >= 15 is 0 Å². The first-order valence-corrected chi connectivity index (χ1v) is 8.08. The lowest BCUT2D eigenvalue weighted by atomic mass is 10.1. The summed E-state index contributed by atoms with van der Waals surface area (Å²) in [7, 11) is 6.71. The summed E-state index contributed by atoms with van der Waals surface area (Å²) in [5.74, 6) is 1.78. The maximum atomic E-state index is 9.29. The summed E-state index contributed by atoms with van der Waals surface area (Å²) in [6.45, 7) is 0. The second-order valence-electron chi connectivity index (χ2n) is 5.83. The summed E-state index contributed by atoms with van der Waals surface area (Å²) in [6.07, 6.45) is 5.81. The molecule has 3 rings (SSSR count). The molecule has 0 radical (unpaired) electrons. The van der Waals surface area contributed by atoms with E-state index in [2.05, 4.69) is 6.07 Å². The van der Waals surface area contributed by atoms with Gasteiger partial charge in [0.15, 0.2) is 11.5 Å². The van der Waals surface area contributed by atoms with Gasteiger partial charge >= 0.3 is 0 Å². The lowest BCUT2D eigenvalue weighted by Gasteiger charge is -2.12. The van der Waals surface area contributed by atoms with Gasteiger partial charge in [0.2, 0.25) is 5.75 Å². The number of benzene rings is 2. The van der Waals surface area contributed by atoms with Crippen LogP contribution in [0.2, 0.25) is 0 Å². The van der Waals surface area contributed by atoms with Gasteiger partial charge in [-0.05, 0) is 35.4 Å². The SMILES string of the molecule is COc1cc(/C=C\c2ccc3c(c2)c(C#N)cn3C)cc(OC)c1OC. The van der Waals surface area contributed by atoms with Crippen LogP contribution in [0.5, 0.6) is 17.2 Å². The number of fused-ring (bicyclic) bond motifs is 1. The minimum Gasteiger partial charge on any atom is -0.493 e. The largest absolute Gasteiger partial charge is 0.493 e. The van der Waals surface area contributed by atoms with Crippen LogP contribution in [0, 0.1) is 11.3 Å². The van der Waals surface area contributed by atoms with E-state index in [-0.39, 0.29) is 0 Å². The molecule has 1 aromatic heterocycles. The van der Waals surface area contributed by atoms with Crippen molar-refractivity contribution in [2.75, 3.05) is 21.3 Å². The molecule has 1 heterocycles. The van der Waals surface area contributed by atoms with Gasteiger partial charge in [-0.1, -0.05) is 18.2 Å². The van der Waals surface area contributed by atoms with E-state index in [1.165, 1.54) is 0 Å². The maximum absolute atomic E-state index is 9.29. The van der Waals surface area contributed by atoms with Crippen molar-refractivity contribution in [1.82, 2.24) is 4.57 Å². The Hall–Kier alpha value is -3.39. The highest BCUT2D eigenvalue weighted by Gasteiger charge is 2.12. The van der Waals surface area contributed by atoms with E-state index in [0.29, 0.717) is 22.8 Å². The molecular formula is C21H20N2O3. The second-order valence-corrected chi connectivity index (χ2v) is 5.83. The molecule has 0 unspecified atom stereocenters. The molecule has 0 N–H and O–H groups in total. The van der Waals surface area contributed by atoms with Gasteiger partial charge in [0.05, 0.1) is 26.9 Å². The van der Waals surface area contributed by atoms with Crippen molar-refractivity contribution in [1.29, 1.82) is 5.26 Å². The van der Waals surface area contributed by atoms with Crippen LogP contribution in [0.15, 0.2) is 36.5 Å². The standard InChI is InChI=1S/C21H20N2O3/c1-23-13-16(12-22)17-9-14(7-8-18(17)23)5-6-15-10-19(24-2)21(26-4)20(11-15)25-3/h5-11,13H,1-4H3/b6-5-. The Balaban J connectivity index is 2.00. The van der Waals surface area contributed by atoms with Gasteiger partial charge in [0.25, 0.3) is 0 Å². The molecule has 5 heteroatoms. The molecule has 0 bridgehead atoms. The molecule has 26 heavy (non-hydrogen) atoms. The van der Waals surface area contributed by atoms with Gasteiger partial charge < -0.3 is 18.8 Å². The monoisotopic (exact) mass is 348 g/mol.